The Morgan fingerprint density at radius 2 is 0.694 bits per heavy atom. The van der Waals surface area contributed by atoms with Crippen molar-refractivity contribution < 1.29 is 17.1 Å². The van der Waals surface area contributed by atoms with Gasteiger partial charge in [-0.1, -0.05) is 83.1 Å². The Morgan fingerprint density at radius 1 is 0.490 bits per heavy atom. The largest absolute Gasteiger partial charge is 3.00 e. The van der Waals surface area contributed by atoms with Gasteiger partial charge >= 0.3 is 17.1 Å². The minimum absolute atomic E-state index is 0. The maximum Gasteiger partial charge on any atom is 3.00 e. The van der Waals surface area contributed by atoms with Crippen molar-refractivity contribution in [2.75, 3.05) is 0 Å². The SMILES string of the molecule is CC[C@H](C)c1cnc(CC(C)C)c(=O)n1[O-].CC[C@H](C)c1cnc(CC(C)C)c(=O)n1[O-].CC[C@H](C)c1cnc(CC(C)C)c(=O)n1[O-].[Fe+3]. The Balaban J connectivity index is 0.000000698. The zero-order valence-corrected chi connectivity index (χ0v) is 32.5. The van der Waals surface area contributed by atoms with Crippen molar-refractivity contribution in [1.82, 2.24) is 29.1 Å². The Kier molecular flexibility index (Phi) is 20.1. The molecule has 13 heteroatoms. The fourth-order valence-corrected chi connectivity index (χ4v) is 4.65. The summed E-state index contributed by atoms with van der Waals surface area (Å²) in [5, 5.41) is 35.2. The van der Waals surface area contributed by atoms with Gasteiger partial charge in [0.05, 0.1) is 0 Å². The van der Waals surface area contributed by atoms with E-state index in [-0.39, 0.29) is 34.8 Å². The second-order valence-electron chi connectivity index (χ2n) is 13.9. The van der Waals surface area contributed by atoms with Crippen LogP contribution < -0.4 is 16.7 Å². The molecule has 3 atom stereocenters. The maximum absolute atomic E-state index is 11.7. The van der Waals surface area contributed by atoms with Crippen LogP contribution in [-0.2, 0) is 36.3 Å². The average molecular weight is 726 g/mol. The van der Waals surface area contributed by atoms with E-state index in [1.807, 2.05) is 83.1 Å². The molecule has 3 aromatic rings. The molecule has 3 heterocycles. The van der Waals surface area contributed by atoms with Crippen molar-refractivity contribution in [3.8, 4) is 0 Å². The summed E-state index contributed by atoms with van der Waals surface area (Å²) in [4.78, 5) is 47.5. The van der Waals surface area contributed by atoms with Gasteiger partial charge in [-0.3, -0.25) is 29.3 Å². The third kappa shape index (κ3) is 13.4. The van der Waals surface area contributed by atoms with Crippen molar-refractivity contribution in [2.45, 2.75) is 139 Å². The van der Waals surface area contributed by atoms with Gasteiger partial charge < -0.3 is 29.8 Å². The van der Waals surface area contributed by atoms with Gasteiger partial charge in [0.15, 0.2) is 0 Å². The normalized spacial score (nSPS) is 12.8. The van der Waals surface area contributed by atoms with Gasteiger partial charge in [0.2, 0.25) is 0 Å². The summed E-state index contributed by atoms with van der Waals surface area (Å²) < 4.78 is 1.50. The molecule has 0 amide bonds. The summed E-state index contributed by atoms with van der Waals surface area (Å²) >= 11 is 0. The molecule has 0 bridgehead atoms. The molecule has 3 rings (SSSR count). The van der Waals surface area contributed by atoms with Gasteiger partial charge in [-0.05, 0) is 74.0 Å². The first kappa shape index (κ1) is 45.6. The molecule has 0 aliphatic carbocycles. The quantitative estimate of drug-likeness (QED) is 0.180. The van der Waals surface area contributed by atoms with Crippen LogP contribution >= 0.6 is 0 Å². The molecule has 0 unspecified atom stereocenters. The second-order valence-corrected chi connectivity index (χ2v) is 13.9. The molecular formula is C36H57FeN6O6. The first-order chi connectivity index (χ1) is 22.4. The van der Waals surface area contributed by atoms with E-state index in [9.17, 15) is 30.0 Å². The zero-order valence-electron chi connectivity index (χ0n) is 31.4. The smallest absolute Gasteiger partial charge is 0.803 e. The van der Waals surface area contributed by atoms with E-state index >= 15 is 0 Å². The number of aromatic nitrogens is 6. The van der Waals surface area contributed by atoms with Crippen LogP contribution in [0.5, 0.6) is 0 Å². The fourth-order valence-electron chi connectivity index (χ4n) is 4.65. The monoisotopic (exact) mass is 725 g/mol. The predicted molar refractivity (Wildman–Crippen MR) is 194 cm³/mol. The molecule has 1 radical (unpaired) electrons. The van der Waals surface area contributed by atoms with Crippen LogP contribution in [0.4, 0.5) is 0 Å². The van der Waals surface area contributed by atoms with E-state index in [4.69, 9.17) is 0 Å². The topological polar surface area (TPSA) is 174 Å². The minimum Gasteiger partial charge on any atom is -0.803 e. The molecular weight excluding hydrogens is 668 g/mol. The molecule has 0 spiro atoms. The molecule has 0 aromatic carbocycles. The van der Waals surface area contributed by atoms with Crippen molar-refractivity contribution in [2.24, 2.45) is 17.8 Å². The number of rotatable bonds is 12. The van der Waals surface area contributed by atoms with Crippen LogP contribution in [0.2, 0.25) is 0 Å². The van der Waals surface area contributed by atoms with Crippen LogP contribution in [0.3, 0.4) is 0 Å². The predicted octanol–water partition coefficient (Wildman–Crippen LogP) is 6.90. The summed E-state index contributed by atoms with van der Waals surface area (Å²) in [6.45, 7) is 23.7. The molecule has 49 heavy (non-hydrogen) atoms. The Labute approximate surface area is 302 Å². The van der Waals surface area contributed by atoms with Crippen LogP contribution in [0, 0.1) is 33.4 Å². The molecule has 0 aliphatic heterocycles. The molecule has 0 aliphatic rings. The van der Waals surface area contributed by atoms with E-state index < -0.39 is 16.7 Å². The summed E-state index contributed by atoms with van der Waals surface area (Å²) in [6.07, 6.45) is 8.78. The van der Waals surface area contributed by atoms with Crippen LogP contribution in [0.1, 0.15) is 154 Å². The Morgan fingerprint density at radius 3 is 0.857 bits per heavy atom. The summed E-state index contributed by atoms with van der Waals surface area (Å²) in [5.74, 6) is 1.21. The number of hydrogen-bond donors (Lipinski definition) is 0. The van der Waals surface area contributed by atoms with E-state index in [1.165, 1.54) is 0 Å². The summed E-state index contributed by atoms with van der Waals surface area (Å²) in [7, 11) is 0. The number of nitrogens with zero attached hydrogens (tertiary/aromatic N) is 6. The van der Waals surface area contributed by atoms with Crippen LogP contribution in [0.15, 0.2) is 33.0 Å². The average Bonchev–Trinajstić information content (AvgIpc) is 3.03. The molecule has 0 fully saturated rings. The van der Waals surface area contributed by atoms with Crippen molar-refractivity contribution >= 4 is 0 Å². The van der Waals surface area contributed by atoms with Crippen molar-refractivity contribution in [1.29, 1.82) is 0 Å². The maximum atomic E-state index is 11.7. The third-order valence-electron chi connectivity index (χ3n) is 8.21. The number of hydrogen-bond acceptors (Lipinski definition) is 9. The van der Waals surface area contributed by atoms with Gasteiger partial charge in [0, 0.05) is 35.7 Å². The van der Waals surface area contributed by atoms with Crippen molar-refractivity contribution in [3.05, 3.63) is 99.4 Å². The third-order valence-corrected chi connectivity index (χ3v) is 8.21. The van der Waals surface area contributed by atoms with Gasteiger partial charge in [-0.25, -0.2) is 0 Å². The van der Waals surface area contributed by atoms with Gasteiger partial charge in [0.25, 0.3) is 16.7 Å². The minimum atomic E-state index is -0.494. The first-order valence-electron chi connectivity index (χ1n) is 17.3. The molecule has 0 saturated heterocycles. The molecule has 0 N–H and O–H groups in total. The summed E-state index contributed by atoms with van der Waals surface area (Å²) in [6, 6.07) is 0. The van der Waals surface area contributed by atoms with Gasteiger partial charge in [-0.2, -0.15) is 0 Å². The molecule has 12 nitrogen and oxygen atoms in total. The van der Waals surface area contributed by atoms with Gasteiger partial charge in [-0.15, -0.1) is 0 Å². The summed E-state index contributed by atoms with van der Waals surface area (Å²) in [5.41, 5.74) is 1.05. The first-order valence-corrected chi connectivity index (χ1v) is 17.3. The fraction of sp³-hybridized carbons (Fsp3) is 0.667. The Bertz CT molecular complexity index is 1430. The van der Waals surface area contributed by atoms with Crippen molar-refractivity contribution in [3.63, 3.8) is 0 Å². The zero-order chi connectivity index (χ0) is 36.9. The Hall–Kier alpha value is -3.44. The van der Waals surface area contributed by atoms with Gasteiger partial charge in [0.1, 0.15) is 17.1 Å². The van der Waals surface area contributed by atoms with E-state index in [2.05, 4.69) is 15.0 Å². The molecule has 275 valence electrons. The van der Waals surface area contributed by atoms with Crippen LogP contribution in [-0.4, -0.2) is 29.1 Å². The molecule has 0 saturated carbocycles. The van der Waals surface area contributed by atoms with E-state index in [1.54, 1.807) is 18.6 Å². The van der Waals surface area contributed by atoms with Crippen LogP contribution in [0.25, 0.3) is 0 Å². The van der Waals surface area contributed by atoms with E-state index in [0.29, 0.717) is 85.4 Å². The standard InChI is InChI=1S/3C12H19N2O2.Fe/c3*1-5-9(4)11-7-13-10(6-8(2)3)12(15)14(11)16;/h3*7-9H,5-6H2,1-4H3;/q3*-1;+3/t3*9-;/m000./s1. The molecule has 3 aromatic heterocycles. The second kappa shape index (κ2) is 21.6. The van der Waals surface area contributed by atoms with E-state index in [0.717, 1.165) is 19.3 Å².